The summed E-state index contributed by atoms with van der Waals surface area (Å²) < 4.78 is 11.4. The van der Waals surface area contributed by atoms with Crippen molar-refractivity contribution in [3.8, 4) is 0 Å². The van der Waals surface area contributed by atoms with E-state index in [2.05, 4.69) is 10.2 Å². The van der Waals surface area contributed by atoms with E-state index in [9.17, 15) is 9.90 Å². The molecule has 2 N–H and O–H groups in total. The summed E-state index contributed by atoms with van der Waals surface area (Å²) in [4.78, 5) is 15.0. The number of carbonyl (C=O) groups is 1. The number of hydrogen-bond acceptors (Lipinski definition) is 6. The molecule has 1 aromatic carbocycles. The normalized spacial score (nSPS) is 27.2. The van der Waals surface area contributed by atoms with Crippen LogP contribution in [-0.4, -0.2) is 53.7 Å². The molecule has 6 heteroatoms. The first-order chi connectivity index (χ1) is 12.8. The van der Waals surface area contributed by atoms with Gasteiger partial charge in [-0.3, -0.25) is 15.0 Å². The number of hydrogen-bond donors (Lipinski definition) is 2. The molecule has 3 fully saturated rings. The Morgan fingerprint density at radius 1 is 1.26 bits per heavy atom. The van der Waals surface area contributed by atoms with Gasteiger partial charge in [0.1, 0.15) is 6.10 Å². The predicted molar refractivity (Wildman–Crippen MR) is 103 cm³/mol. The molecule has 4 rings (SSSR count). The highest BCUT2D eigenvalue weighted by Gasteiger charge is 2.36. The van der Waals surface area contributed by atoms with E-state index in [0.717, 1.165) is 38.0 Å². The number of benzene rings is 1. The number of fused-ring (bicyclic) bond motifs is 3. The molecule has 3 heterocycles. The highest BCUT2D eigenvalue weighted by Crippen LogP contribution is 2.30. The smallest absolute Gasteiger partial charge is 0.308 e. The van der Waals surface area contributed by atoms with E-state index < -0.39 is 12.0 Å². The molecule has 0 aromatic heterocycles. The number of rotatable bonds is 7. The van der Waals surface area contributed by atoms with E-state index in [0.29, 0.717) is 5.92 Å². The van der Waals surface area contributed by atoms with Gasteiger partial charge in [-0.25, -0.2) is 0 Å². The minimum atomic E-state index is -1.17. The van der Waals surface area contributed by atoms with Gasteiger partial charge in [0.25, 0.3) is 0 Å². The summed E-state index contributed by atoms with van der Waals surface area (Å²) in [6, 6.07) is 9.25. The van der Waals surface area contributed by atoms with Gasteiger partial charge in [-0.1, -0.05) is 30.3 Å². The third-order valence-electron chi connectivity index (χ3n) is 5.26. The fraction of sp³-hybridized carbons (Fsp3) is 0.667. The van der Waals surface area contributed by atoms with E-state index in [1.807, 2.05) is 51.1 Å². The molecule has 0 saturated carbocycles. The molecule has 1 aromatic rings. The average Bonchev–Trinajstić information content (AvgIpc) is 2.61. The summed E-state index contributed by atoms with van der Waals surface area (Å²) in [5.74, 6) is 0.245. The Hall–Kier alpha value is -1.47. The fourth-order valence-electron chi connectivity index (χ4n) is 3.93. The zero-order valence-corrected chi connectivity index (χ0v) is 16.6. The van der Waals surface area contributed by atoms with Crippen molar-refractivity contribution < 1.29 is 19.4 Å². The minimum absolute atomic E-state index is 0.00725. The van der Waals surface area contributed by atoms with Crippen molar-refractivity contribution in [2.24, 2.45) is 5.92 Å². The van der Waals surface area contributed by atoms with Crippen molar-refractivity contribution in [1.29, 1.82) is 0 Å². The second kappa shape index (κ2) is 8.69. The molecule has 3 atom stereocenters. The lowest BCUT2D eigenvalue weighted by molar-refractivity contribution is -0.187. The highest BCUT2D eigenvalue weighted by atomic mass is 16.6. The largest absolute Gasteiger partial charge is 0.461 e. The molecule has 3 aliphatic heterocycles. The van der Waals surface area contributed by atoms with Gasteiger partial charge in [0, 0.05) is 12.6 Å². The first-order valence-corrected chi connectivity index (χ1v) is 9.89. The number of aliphatic hydroxyl groups excluding tert-OH is 1. The summed E-state index contributed by atoms with van der Waals surface area (Å²) >= 11 is 0. The van der Waals surface area contributed by atoms with Crippen LogP contribution in [0.2, 0.25) is 0 Å². The van der Waals surface area contributed by atoms with Crippen LogP contribution < -0.4 is 5.32 Å². The minimum Gasteiger partial charge on any atom is -0.461 e. The SMILES string of the molecule is CC(C)(C)OC(O)NC(CC(=O)O[C@H]1CN2CCC1CC2)c1ccccc1. The number of carbonyl (C=O) groups excluding carboxylic acids is 1. The summed E-state index contributed by atoms with van der Waals surface area (Å²) in [5.41, 5.74) is 0.421. The molecule has 3 saturated heterocycles. The lowest BCUT2D eigenvalue weighted by Crippen LogP contribution is -2.52. The number of esters is 1. The maximum Gasteiger partial charge on any atom is 0.308 e. The molecule has 0 radical (unpaired) electrons. The van der Waals surface area contributed by atoms with Crippen LogP contribution in [0.15, 0.2) is 30.3 Å². The van der Waals surface area contributed by atoms with Gasteiger partial charge in [-0.05, 0) is 58.2 Å². The number of piperidine rings is 3. The maximum absolute atomic E-state index is 12.6. The van der Waals surface area contributed by atoms with Gasteiger partial charge >= 0.3 is 5.97 Å². The Morgan fingerprint density at radius 3 is 2.48 bits per heavy atom. The number of ether oxygens (including phenoxy) is 2. The molecule has 0 amide bonds. The van der Waals surface area contributed by atoms with Crippen LogP contribution in [0.1, 0.15) is 51.6 Å². The number of nitrogens with one attached hydrogen (secondary N) is 1. The summed E-state index contributed by atoms with van der Waals surface area (Å²) in [7, 11) is 0. The molecular formula is C21H32N2O4. The van der Waals surface area contributed by atoms with Crippen molar-refractivity contribution in [3.63, 3.8) is 0 Å². The summed E-state index contributed by atoms with van der Waals surface area (Å²) in [6.45, 7) is 8.69. The van der Waals surface area contributed by atoms with Gasteiger partial charge in [-0.15, -0.1) is 0 Å². The molecule has 27 heavy (non-hydrogen) atoms. The molecule has 150 valence electrons. The molecule has 6 nitrogen and oxygen atoms in total. The van der Waals surface area contributed by atoms with Gasteiger partial charge < -0.3 is 14.6 Å². The lowest BCUT2D eigenvalue weighted by Gasteiger charge is -2.44. The quantitative estimate of drug-likeness (QED) is 0.563. The standard InChI is InChI=1S/C21H32N2O4/c1-21(2,3)27-20(25)22-17(15-7-5-4-6-8-15)13-19(24)26-18-14-23-11-9-16(18)10-12-23/h4-8,16-18,20,22,25H,9-14H2,1-3H3/t17?,18-,20?/m0/s1. The van der Waals surface area contributed by atoms with Crippen molar-refractivity contribution in [3.05, 3.63) is 35.9 Å². The summed E-state index contributed by atoms with van der Waals surface area (Å²) in [5, 5.41) is 13.3. The average molecular weight is 376 g/mol. The highest BCUT2D eigenvalue weighted by molar-refractivity contribution is 5.70. The second-order valence-electron chi connectivity index (χ2n) is 8.58. The zero-order chi connectivity index (χ0) is 19.4. The third kappa shape index (κ3) is 6.01. The van der Waals surface area contributed by atoms with Crippen LogP contribution in [-0.2, 0) is 14.3 Å². The Bertz CT molecular complexity index is 608. The maximum atomic E-state index is 12.6. The molecule has 0 spiro atoms. The van der Waals surface area contributed by atoms with Gasteiger partial charge in [0.05, 0.1) is 12.0 Å². The van der Waals surface area contributed by atoms with E-state index in [1.165, 1.54) is 0 Å². The van der Waals surface area contributed by atoms with Crippen LogP contribution in [0.5, 0.6) is 0 Å². The topological polar surface area (TPSA) is 71.0 Å². The third-order valence-corrected chi connectivity index (χ3v) is 5.26. The van der Waals surface area contributed by atoms with Crippen LogP contribution in [0.25, 0.3) is 0 Å². The van der Waals surface area contributed by atoms with E-state index in [1.54, 1.807) is 0 Å². The van der Waals surface area contributed by atoms with Crippen LogP contribution in [0.3, 0.4) is 0 Å². The Balaban J connectivity index is 1.61. The Kier molecular flexibility index (Phi) is 6.52. The van der Waals surface area contributed by atoms with E-state index in [-0.39, 0.29) is 24.5 Å². The summed E-state index contributed by atoms with van der Waals surface area (Å²) in [6.07, 6.45) is 1.19. The van der Waals surface area contributed by atoms with Crippen molar-refractivity contribution in [2.75, 3.05) is 19.6 Å². The molecular weight excluding hydrogens is 344 g/mol. The molecule has 0 aliphatic carbocycles. The van der Waals surface area contributed by atoms with Gasteiger partial charge in [0.15, 0.2) is 0 Å². The predicted octanol–water partition coefficient (Wildman–Crippen LogP) is 2.44. The Morgan fingerprint density at radius 2 is 1.93 bits per heavy atom. The first-order valence-electron chi connectivity index (χ1n) is 9.89. The second-order valence-corrected chi connectivity index (χ2v) is 8.58. The molecule has 2 bridgehead atoms. The van der Waals surface area contributed by atoms with Crippen LogP contribution >= 0.6 is 0 Å². The van der Waals surface area contributed by atoms with E-state index >= 15 is 0 Å². The van der Waals surface area contributed by atoms with Gasteiger partial charge in [0.2, 0.25) is 6.41 Å². The molecule has 3 aliphatic rings. The number of aliphatic hydroxyl groups is 1. The zero-order valence-electron chi connectivity index (χ0n) is 16.6. The molecule has 2 unspecified atom stereocenters. The monoisotopic (exact) mass is 376 g/mol. The first kappa shape index (κ1) is 20.3. The Labute approximate surface area is 161 Å². The number of nitrogens with zero attached hydrogens (tertiary/aromatic N) is 1. The van der Waals surface area contributed by atoms with Gasteiger partial charge in [-0.2, -0.15) is 0 Å². The van der Waals surface area contributed by atoms with Crippen LogP contribution in [0, 0.1) is 5.92 Å². The fourth-order valence-corrected chi connectivity index (χ4v) is 3.93. The van der Waals surface area contributed by atoms with Crippen LogP contribution in [0.4, 0.5) is 0 Å². The van der Waals surface area contributed by atoms with Crippen molar-refractivity contribution >= 4 is 5.97 Å². The van der Waals surface area contributed by atoms with E-state index in [4.69, 9.17) is 9.47 Å². The van der Waals surface area contributed by atoms with Crippen molar-refractivity contribution in [1.82, 2.24) is 10.2 Å². The van der Waals surface area contributed by atoms with Crippen molar-refractivity contribution in [2.45, 2.75) is 64.2 Å². The lowest BCUT2D eigenvalue weighted by atomic mass is 9.86.